The van der Waals surface area contributed by atoms with Gasteiger partial charge >= 0.3 is 0 Å². The lowest BCUT2D eigenvalue weighted by Gasteiger charge is -2.12. The van der Waals surface area contributed by atoms with Crippen LogP contribution >= 0.6 is 11.6 Å². The molecule has 0 saturated heterocycles. The molecule has 0 fully saturated rings. The average Bonchev–Trinajstić information content (AvgIpc) is 2.26. The predicted octanol–water partition coefficient (Wildman–Crippen LogP) is 1.23. The van der Waals surface area contributed by atoms with Crippen LogP contribution in [-0.2, 0) is 10.0 Å². The third kappa shape index (κ3) is 3.45. The first-order chi connectivity index (χ1) is 7.47. The minimum Gasteiger partial charge on any atom is -0.316 e. The normalized spacial score (nSPS) is 13.7. The Bertz CT molecular complexity index is 448. The Labute approximate surface area is 101 Å². The van der Waals surface area contributed by atoms with Crippen LogP contribution in [0.3, 0.4) is 0 Å². The van der Waals surface area contributed by atoms with E-state index >= 15 is 0 Å². The van der Waals surface area contributed by atoms with Crippen molar-refractivity contribution in [3.63, 3.8) is 0 Å². The van der Waals surface area contributed by atoms with E-state index in [-0.39, 0.29) is 16.0 Å². The molecule has 0 saturated carbocycles. The summed E-state index contributed by atoms with van der Waals surface area (Å²) in [7, 11) is -1.75. The fourth-order valence-corrected chi connectivity index (χ4v) is 2.73. The molecule has 6 heteroatoms. The standard InChI is InChI=1S/C10H15ClN2O2S/c1-8(12-2)7-13-16(14,15)10-6-4-3-5-9(10)11/h3-6,8,12-13H,7H2,1-2H3. The summed E-state index contributed by atoms with van der Waals surface area (Å²) in [5.74, 6) is 0. The quantitative estimate of drug-likeness (QED) is 0.839. The fraction of sp³-hybridized carbons (Fsp3) is 0.400. The molecule has 0 aromatic heterocycles. The van der Waals surface area contributed by atoms with E-state index in [1.54, 1.807) is 25.2 Å². The van der Waals surface area contributed by atoms with Gasteiger partial charge in [0.05, 0.1) is 5.02 Å². The number of nitrogens with one attached hydrogen (secondary N) is 2. The highest BCUT2D eigenvalue weighted by Crippen LogP contribution is 2.19. The Morgan fingerprint density at radius 1 is 1.38 bits per heavy atom. The van der Waals surface area contributed by atoms with Gasteiger partial charge < -0.3 is 5.32 Å². The molecule has 0 aliphatic carbocycles. The summed E-state index contributed by atoms with van der Waals surface area (Å²) in [6.07, 6.45) is 0. The highest BCUT2D eigenvalue weighted by Gasteiger charge is 2.17. The maximum atomic E-state index is 11.9. The van der Waals surface area contributed by atoms with E-state index in [9.17, 15) is 8.42 Å². The third-order valence-corrected chi connectivity index (χ3v) is 4.12. The Morgan fingerprint density at radius 3 is 2.56 bits per heavy atom. The molecule has 1 rings (SSSR count). The Kier molecular flexibility index (Phi) is 4.73. The van der Waals surface area contributed by atoms with Crippen LogP contribution in [0.25, 0.3) is 0 Å². The highest BCUT2D eigenvalue weighted by molar-refractivity contribution is 7.89. The van der Waals surface area contributed by atoms with Crippen molar-refractivity contribution < 1.29 is 8.42 Å². The zero-order valence-corrected chi connectivity index (χ0v) is 10.8. The monoisotopic (exact) mass is 262 g/mol. The highest BCUT2D eigenvalue weighted by atomic mass is 35.5. The third-order valence-electron chi connectivity index (χ3n) is 2.20. The van der Waals surface area contributed by atoms with Gasteiger partial charge in [0.15, 0.2) is 0 Å². The molecule has 0 bridgehead atoms. The van der Waals surface area contributed by atoms with E-state index in [1.807, 2.05) is 6.92 Å². The largest absolute Gasteiger partial charge is 0.316 e. The van der Waals surface area contributed by atoms with Crippen molar-refractivity contribution in [2.45, 2.75) is 17.9 Å². The second kappa shape index (κ2) is 5.63. The number of rotatable bonds is 5. The smallest absolute Gasteiger partial charge is 0.242 e. The molecule has 90 valence electrons. The van der Waals surface area contributed by atoms with Gasteiger partial charge in [-0.2, -0.15) is 0 Å². The fourth-order valence-electron chi connectivity index (χ4n) is 1.08. The second-order valence-corrected chi connectivity index (χ2v) is 5.61. The van der Waals surface area contributed by atoms with Crippen LogP contribution in [0.5, 0.6) is 0 Å². The van der Waals surface area contributed by atoms with Crippen molar-refractivity contribution >= 4 is 21.6 Å². The van der Waals surface area contributed by atoms with Crippen molar-refractivity contribution in [3.05, 3.63) is 29.3 Å². The van der Waals surface area contributed by atoms with E-state index in [2.05, 4.69) is 10.0 Å². The van der Waals surface area contributed by atoms with Gasteiger partial charge in [-0.25, -0.2) is 13.1 Å². The van der Waals surface area contributed by atoms with Gasteiger partial charge in [0.25, 0.3) is 0 Å². The zero-order chi connectivity index (χ0) is 12.2. The second-order valence-electron chi connectivity index (χ2n) is 3.47. The first-order valence-electron chi connectivity index (χ1n) is 4.89. The summed E-state index contributed by atoms with van der Waals surface area (Å²) < 4.78 is 26.2. The molecular weight excluding hydrogens is 248 g/mol. The van der Waals surface area contributed by atoms with Crippen molar-refractivity contribution in [1.29, 1.82) is 0 Å². The van der Waals surface area contributed by atoms with Crippen LogP contribution in [0.4, 0.5) is 0 Å². The predicted molar refractivity (Wildman–Crippen MR) is 65.2 cm³/mol. The van der Waals surface area contributed by atoms with Gasteiger partial charge in [-0.05, 0) is 26.1 Å². The Balaban J connectivity index is 2.83. The first-order valence-corrected chi connectivity index (χ1v) is 6.75. The lowest BCUT2D eigenvalue weighted by Crippen LogP contribution is -2.37. The molecule has 4 nitrogen and oxygen atoms in total. The molecule has 16 heavy (non-hydrogen) atoms. The minimum absolute atomic E-state index is 0.0669. The first kappa shape index (κ1) is 13.4. The van der Waals surface area contributed by atoms with Crippen LogP contribution < -0.4 is 10.0 Å². The summed E-state index contributed by atoms with van der Waals surface area (Å²) in [5.41, 5.74) is 0. The maximum Gasteiger partial charge on any atom is 0.242 e. The Morgan fingerprint density at radius 2 is 2.00 bits per heavy atom. The van der Waals surface area contributed by atoms with Crippen molar-refractivity contribution in [2.24, 2.45) is 0 Å². The zero-order valence-electron chi connectivity index (χ0n) is 9.20. The number of likely N-dealkylation sites (N-methyl/N-ethyl adjacent to an activating group) is 1. The molecule has 0 radical (unpaired) electrons. The molecule has 1 aromatic carbocycles. The topological polar surface area (TPSA) is 58.2 Å². The van der Waals surface area contributed by atoms with E-state index in [0.717, 1.165) is 0 Å². The number of hydrogen-bond acceptors (Lipinski definition) is 3. The molecular formula is C10H15ClN2O2S. The van der Waals surface area contributed by atoms with Crippen molar-refractivity contribution in [1.82, 2.24) is 10.0 Å². The Hall–Kier alpha value is -0.620. The minimum atomic E-state index is -3.52. The van der Waals surface area contributed by atoms with Gasteiger partial charge in [-0.1, -0.05) is 23.7 Å². The van der Waals surface area contributed by atoms with Crippen LogP contribution in [0.2, 0.25) is 5.02 Å². The number of sulfonamides is 1. The van der Waals surface area contributed by atoms with E-state index in [0.29, 0.717) is 6.54 Å². The molecule has 0 aliphatic heterocycles. The number of halogens is 1. The van der Waals surface area contributed by atoms with Crippen LogP contribution in [0.1, 0.15) is 6.92 Å². The summed E-state index contributed by atoms with van der Waals surface area (Å²) in [6.45, 7) is 2.21. The molecule has 0 aliphatic rings. The summed E-state index contributed by atoms with van der Waals surface area (Å²) in [4.78, 5) is 0.111. The van der Waals surface area contributed by atoms with Gasteiger partial charge in [0.2, 0.25) is 10.0 Å². The van der Waals surface area contributed by atoms with E-state index in [4.69, 9.17) is 11.6 Å². The molecule has 1 atom stereocenters. The molecule has 1 aromatic rings. The molecule has 2 N–H and O–H groups in total. The van der Waals surface area contributed by atoms with Gasteiger partial charge in [-0.3, -0.25) is 0 Å². The lowest BCUT2D eigenvalue weighted by atomic mass is 10.4. The summed E-state index contributed by atoms with van der Waals surface area (Å²) in [5, 5.41) is 3.17. The summed E-state index contributed by atoms with van der Waals surface area (Å²) >= 11 is 5.82. The van der Waals surface area contributed by atoms with Crippen molar-refractivity contribution in [2.75, 3.05) is 13.6 Å². The number of hydrogen-bond donors (Lipinski definition) is 2. The maximum absolute atomic E-state index is 11.9. The van der Waals surface area contributed by atoms with Gasteiger partial charge in [0, 0.05) is 12.6 Å². The SMILES string of the molecule is CNC(C)CNS(=O)(=O)c1ccccc1Cl. The van der Waals surface area contributed by atoms with E-state index < -0.39 is 10.0 Å². The molecule has 0 amide bonds. The van der Waals surface area contributed by atoms with Crippen LogP contribution in [0.15, 0.2) is 29.2 Å². The summed E-state index contributed by atoms with van der Waals surface area (Å²) in [6, 6.07) is 6.43. The van der Waals surface area contributed by atoms with Crippen molar-refractivity contribution in [3.8, 4) is 0 Å². The molecule has 0 heterocycles. The lowest BCUT2D eigenvalue weighted by molar-refractivity contribution is 0.554. The van der Waals surface area contributed by atoms with E-state index in [1.165, 1.54) is 6.07 Å². The number of benzene rings is 1. The van der Waals surface area contributed by atoms with Gasteiger partial charge in [-0.15, -0.1) is 0 Å². The average molecular weight is 263 g/mol. The molecule has 1 unspecified atom stereocenters. The van der Waals surface area contributed by atoms with Crippen LogP contribution in [-0.4, -0.2) is 28.1 Å². The van der Waals surface area contributed by atoms with Gasteiger partial charge in [0.1, 0.15) is 4.90 Å². The molecule has 0 spiro atoms. The van der Waals surface area contributed by atoms with Crippen LogP contribution in [0, 0.1) is 0 Å².